The zero-order valence-corrected chi connectivity index (χ0v) is 11.9. The molecule has 3 heterocycles. The van der Waals surface area contributed by atoms with Crippen LogP contribution in [0.1, 0.15) is 34.4 Å². The summed E-state index contributed by atoms with van der Waals surface area (Å²) in [5.41, 5.74) is 0.364. The summed E-state index contributed by atoms with van der Waals surface area (Å²) < 4.78 is 1.75. The summed E-state index contributed by atoms with van der Waals surface area (Å²) in [6, 6.07) is 0.318. The molecule has 0 bridgehead atoms. The van der Waals surface area contributed by atoms with E-state index in [0.29, 0.717) is 18.3 Å². The molecule has 1 aliphatic heterocycles. The van der Waals surface area contributed by atoms with Gasteiger partial charge < -0.3 is 10.6 Å². The molecule has 7 nitrogen and oxygen atoms in total. The summed E-state index contributed by atoms with van der Waals surface area (Å²) in [7, 11) is 0. The third-order valence-electron chi connectivity index (χ3n) is 3.32. The van der Waals surface area contributed by atoms with Crippen LogP contribution < -0.4 is 10.6 Å². The second-order valence-electron chi connectivity index (χ2n) is 4.88. The third kappa shape index (κ3) is 2.70. The zero-order chi connectivity index (χ0) is 13.9. The smallest absolute Gasteiger partial charge is 0.273 e. The van der Waals surface area contributed by atoms with Crippen molar-refractivity contribution < 1.29 is 4.79 Å². The van der Waals surface area contributed by atoms with Gasteiger partial charge in [-0.25, -0.2) is 9.67 Å². The lowest BCUT2D eigenvalue weighted by molar-refractivity contribution is 0.0946. The highest BCUT2D eigenvalue weighted by Gasteiger charge is 2.21. The van der Waals surface area contributed by atoms with Crippen LogP contribution >= 0.6 is 11.3 Å². The number of hydrogen-bond donors (Lipinski definition) is 2. The van der Waals surface area contributed by atoms with Crippen LogP contribution in [0.2, 0.25) is 0 Å². The van der Waals surface area contributed by atoms with Crippen molar-refractivity contribution in [3.05, 3.63) is 28.5 Å². The molecule has 2 N–H and O–H groups in total. The van der Waals surface area contributed by atoms with E-state index in [1.807, 2.05) is 12.3 Å². The number of thiazole rings is 1. The zero-order valence-electron chi connectivity index (χ0n) is 11.1. The molecule has 1 saturated heterocycles. The highest BCUT2D eigenvalue weighted by atomic mass is 32.1. The normalized spacial score (nSPS) is 16.6. The second-order valence-corrected chi connectivity index (χ2v) is 5.80. The summed E-state index contributed by atoms with van der Waals surface area (Å²) in [4.78, 5) is 16.2. The number of nitrogens with zero attached hydrogens (tertiary/aromatic N) is 4. The molecule has 20 heavy (non-hydrogen) atoms. The monoisotopic (exact) mass is 292 g/mol. The SMILES string of the molecule is CC(CNC(=O)c1cn(C2CNC2)nn1)c1nccs1. The van der Waals surface area contributed by atoms with Crippen LogP contribution in [-0.4, -0.2) is 45.5 Å². The molecule has 106 valence electrons. The predicted molar refractivity (Wildman–Crippen MR) is 74.8 cm³/mol. The van der Waals surface area contributed by atoms with Gasteiger partial charge in [-0.1, -0.05) is 12.1 Å². The van der Waals surface area contributed by atoms with Crippen LogP contribution in [0.4, 0.5) is 0 Å². The van der Waals surface area contributed by atoms with Gasteiger partial charge >= 0.3 is 0 Å². The minimum atomic E-state index is -0.188. The molecule has 1 unspecified atom stereocenters. The van der Waals surface area contributed by atoms with Crippen LogP contribution in [0.3, 0.4) is 0 Å². The molecule has 2 aromatic rings. The van der Waals surface area contributed by atoms with Gasteiger partial charge in [0.15, 0.2) is 5.69 Å². The first-order valence-electron chi connectivity index (χ1n) is 6.54. The van der Waals surface area contributed by atoms with Crippen LogP contribution in [0.25, 0.3) is 0 Å². The van der Waals surface area contributed by atoms with Crippen molar-refractivity contribution in [1.82, 2.24) is 30.6 Å². The minimum absolute atomic E-state index is 0.188. The Morgan fingerprint density at radius 1 is 1.65 bits per heavy atom. The standard InChI is InChI=1S/C12H16N6OS/c1-8(12-14-2-3-20-12)4-15-11(19)10-7-18(17-16-10)9-5-13-6-9/h2-3,7-9,13H,4-6H2,1H3,(H,15,19). The Labute approximate surface area is 120 Å². The number of rotatable bonds is 5. The van der Waals surface area contributed by atoms with Gasteiger partial charge in [-0.05, 0) is 0 Å². The molecule has 1 amide bonds. The maximum absolute atomic E-state index is 12.0. The molecule has 0 radical (unpaired) electrons. The van der Waals surface area contributed by atoms with Gasteiger partial charge in [-0.15, -0.1) is 16.4 Å². The second kappa shape index (κ2) is 5.68. The van der Waals surface area contributed by atoms with E-state index < -0.39 is 0 Å². The molecule has 3 rings (SSSR count). The maximum Gasteiger partial charge on any atom is 0.273 e. The van der Waals surface area contributed by atoms with Crippen molar-refractivity contribution in [2.24, 2.45) is 0 Å². The van der Waals surface area contributed by atoms with E-state index >= 15 is 0 Å². The molecule has 1 fully saturated rings. The Balaban J connectivity index is 1.55. The number of amides is 1. The van der Waals surface area contributed by atoms with Gasteiger partial charge in [0.2, 0.25) is 0 Å². The first kappa shape index (κ1) is 13.2. The molecular formula is C12H16N6OS. The Bertz CT molecular complexity index is 577. The van der Waals surface area contributed by atoms with Crippen molar-refractivity contribution in [3.63, 3.8) is 0 Å². The van der Waals surface area contributed by atoms with E-state index in [2.05, 4.69) is 25.9 Å². The number of hydrogen-bond acceptors (Lipinski definition) is 6. The molecular weight excluding hydrogens is 276 g/mol. The first-order valence-corrected chi connectivity index (χ1v) is 7.42. The van der Waals surface area contributed by atoms with Crippen molar-refractivity contribution in [3.8, 4) is 0 Å². The quantitative estimate of drug-likeness (QED) is 0.834. The van der Waals surface area contributed by atoms with Crippen molar-refractivity contribution in [2.75, 3.05) is 19.6 Å². The molecule has 1 aliphatic rings. The van der Waals surface area contributed by atoms with Crippen molar-refractivity contribution in [2.45, 2.75) is 18.9 Å². The average Bonchev–Trinajstić information content (AvgIpc) is 3.04. The summed E-state index contributed by atoms with van der Waals surface area (Å²) >= 11 is 1.60. The maximum atomic E-state index is 12.0. The fourth-order valence-electron chi connectivity index (χ4n) is 1.92. The van der Waals surface area contributed by atoms with Crippen LogP contribution in [0.5, 0.6) is 0 Å². The number of aromatic nitrogens is 4. The molecule has 0 aromatic carbocycles. The van der Waals surface area contributed by atoms with Crippen molar-refractivity contribution in [1.29, 1.82) is 0 Å². The van der Waals surface area contributed by atoms with E-state index in [9.17, 15) is 4.79 Å². The Morgan fingerprint density at radius 3 is 3.15 bits per heavy atom. The molecule has 0 spiro atoms. The van der Waals surface area contributed by atoms with E-state index in [4.69, 9.17) is 0 Å². The lowest BCUT2D eigenvalue weighted by Crippen LogP contribution is -2.43. The van der Waals surface area contributed by atoms with E-state index in [0.717, 1.165) is 18.1 Å². The van der Waals surface area contributed by atoms with Crippen molar-refractivity contribution >= 4 is 17.2 Å². The molecule has 2 aromatic heterocycles. The summed E-state index contributed by atoms with van der Waals surface area (Å²) in [5, 5.41) is 16.9. The molecule has 0 saturated carbocycles. The van der Waals surface area contributed by atoms with E-state index in [1.165, 1.54) is 0 Å². The van der Waals surface area contributed by atoms with Crippen LogP contribution in [0.15, 0.2) is 17.8 Å². The molecule has 0 aliphatic carbocycles. The predicted octanol–water partition coefficient (Wildman–Crippen LogP) is 0.412. The van der Waals surface area contributed by atoms with Crippen LogP contribution in [0, 0.1) is 0 Å². The molecule has 1 atom stereocenters. The fourth-order valence-corrected chi connectivity index (χ4v) is 2.62. The average molecular weight is 292 g/mol. The highest BCUT2D eigenvalue weighted by Crippen LogP contribution is 2.16. The van der Waals surface area contributed by atoms with E-state index in [-0.39, 0.29) is 11.8 Å². The third-order valence-corrected chi connectivity index (χ3v) is 4.33. The molecule has 8 heteroatoms. The van der Waals surface area contributed by atoms with Gasteiger partial charge in [-0.2, -0.15) is 0 Å². The van der Waals surface area contributed by atoms with Gasteiger partial charge in [0, 0.05) is 37.1 Å². The van der Waals surface area contributed by atoms with Gasteiger partial charge in [0.1, 0.15) is 0 Å². The number of carbonyl (C=O) groups excluding carboxylic acids is 1. The topological polar surface area (TPSA) is 84.7 Å². The number of nitrogens with one attached hydrogen (secondary N) is 2. The fraction of sp³-hybridized carbons (Fsp3) is 0.500. The van der Waals surface area contributed by atoms with Gasteiger partial charge in [0.25, 0.3) is 5.91 Å². The highest BCUT2D eigenvalue weighted by molar-refractivity contribution is 7.09. The Kier molecular flexibility index (Phi) is 3.75. The first-order chi connectivity index (χ1) is 9.74. The Hall–Kier alpha value is -1.80. The lowest BCUT2D eigenvalue weighted by Gasteiger charge is -2.26. The largest absolute Gasteiger partial charge is 0.350 e. The summed E-state index contributed by atoms with van der Waals surface area (Å²) in [6.07, 6.45) is 3.48. The number of carbonyl (C=O) groups is 1. The van der Waals surface area contributed by atoms with Gasteiger partial charge in [-0.3, -0.25) is 4.79 Å². The van der Waals surface area contributed by atoms with Crippen LogP contribution in [-0.2, 0) is 0 Å². The van der Waals surface area contributed by atoms with Gasteiger partial charge in [0.05, 0.1) is 17.2 Å². The minimum Gasteiger partial charge on any atom is -0.350 e. The Morgan fingerprint density at radius 2 is 2.50 bits per heavy atom. The van der Waals surface area contributed by atoms with E-state index in [1.54, 1.807) is 28.4 Å². The summed E-state index contributed by atoms with van der Waals surface area (Å²) in [5.74, 6) is 0.0109. The summed E-state index contributed by atoms with van der Waals surface area (Å²) in [6.45, 7) is 4.34. The lowest BCUT2D eigenvalue weighted by atomic mass is 10.2.